The van der Waals surface area contributed by atoms with E-state index in [4.69, 9.17) is 5.84 Å². The molecule has 2 aromatic rings. The number of imidazole rings is 1. The van der Waals surface area contributed by atoms with Crippen molar-refractivity contribution in [2.45, 2.75) is 19.4 Å². The Morgan fingerprint density at radius 1 is 1.65 bits per heavy atom. The van der Waals surface area contributed by atoms with E-state index in [1.165, 1.54) is 10.4 Å². The van der Waals surface area contributed by atoms with Crippen LogP contribution in [-0.4, -0.2) is 9.55 Å². The molecule has 0 fully saturated rings. The molecule has 17 heavy (non-hydrogen) atoms. The standard InChI is InChI=1S/C11H15BrN4S/c1-7-5-9(17-11(7)12)8(15-13)6-10-14-3-4-16(10)2/h3-5,8,15H,6,13H2,1-2H3. The molecule has 1 unspecified atom stereocenters. The molecule has 2 aromatic heterocycles. The number of nitrogens with two attached hydrogens (primary N) is 1. The fraction of sp³-hybridized carbons (Fsp3) is 0.364. The maximum atomic E-state index is 5.64. The third-order valence-corrected chi connectivity index (χ3v) is 4.98. The number of halogens is 1. The highest BCUT2D eigenvalue weighted by Gasteiger charge is 2.16. The molecule has 0 aliphatic carbocycles. The summed E-state index contributed by atoms with van der Waals surface area (Å²) < 4.78 is 3.17. The van der Waals surface area contributed by atoms with Gasteiger partial charge >= 0.3 is 0 Å². The number of rotatable bonds is 4. The van der Waals surface area contributed by atoms with Gasteiger partial charge in [0, 0.05) is 30.7 Å². The Morgan fingerprint density at radius 2 is 2.41 bits per heavy atom. The summed E-state index contributed by atoms with van der Waals surface area (Å²) in [6, 6.07) is 2.26. The highest BCUT2D eigenvalue weighted by atomic mass is 79.9. The Hall–Kier alpha value is -0.690. The van der Waals surface area contributed by atoms with Crippen LogP contribution in [0, 0.1) is 6.92 Å². The first kappa shape index (κ1) is 12.8. The number of thiophene rings is 1. The number of hydrogen-bond acceptors (Lipinski definition) is 4. The van der Waals surface area contributed by atoms with E-state index in [9.17, 15) is 0 Å². The summed E-state index contributed by atoms with van der Waals surface area (Å²) in [6.45, 7) is 2.08. The van der Waals surface area contributed by atoms with Gasteiger partial charge in [-0.25, -0.2) is 4.98 Å². The predicted octanol–water partition coefficient (Wildman–Crippen LogP) is 2.30. The maximum Gasteiger partial charge on any atom is 0.110 e. The molecule has 0 bridgehead atoms. The molecule has 92 valence electrons. The second kappa shape index (κ2) is 5.30. The first-order valence-electron chi connectivity index (χ1n) is 5.30. The zero-order valence-electron chi connectivity index (χ0n) is 9.77. The summed E-state index contributed by atoms with van der Waals surface area (Å²) in [6.07, 6.45) is 4.53. The maximum absolute atomic E-state index is 5.64. The average molecular weight is 315 g/mol. The highest BCUT2D eigenvalue weighted by molar-refractivity contribution is 9.11. The third-order valence-electron chi connectivity index (χ3n) is 2.73. The van der Waals surface area contributed by atoms with Crippen molar-refractivity contribution in [1.82, 2.24) is 15.0 Å². The van der Waals surface area contributed by atoms with Crippen LogP contribution in [0.25, 0.3) is 0 Å². The minimum absolute atomic E-state index is 0.103. The van der Waals surface area contributed by atoms with Gasteiger partial charge in [-0.1, -0.05) is 0 Å². The van der Waals surface area contributed by atoms with Crippen molar-refractivity contribution in [3.05, 3.63) is 38.5 Å². The SMILES string of the molecule is Cc1cc(C(Cc2nccn2C)NN)sc1Br. The van der Waals surface area contributed by atoms with E-state index < -0.39 is 0 Å². The van der Waals surface area contributed by atoms with E-state index in [1.807, 2.05) is 17.8 Å². The van der Waals surface area contributed by atoms with E-state index in [-0.39, 0.29) is 6.04 Å². The molecule has 0 amide bonds. The molecule has 0 saturated carbocycles. The molecule has 2 rings (SSSR count). The normalized spacial score (nSPS) is 12.9. The Kier molecular flexibility index (Phi) is 3.98. The van der Waals surface area contributed by atoms with E-state index in [2.05, 4.69) is 39.3 Å². The van der Waals surface area contributed by atoms with Crippen molar-refractivity contribution in [2.24, 2.45) is 12.9 Å². The van der Waals surface area contributed by atoms with Crippen LogP contribution in [0.15, 0.2) is 22.2 Å². The molecule has 0 aromatic carbocycles. The molecule has 0 saturated heterocycles. The molecule has 1 atom stereocenters. The summed E-state index contributed by atoms with van der Waals surface area (Å²) in [5.74, 6) is 6.66. The lowest BCUT2D eigenvalue weighted by Crippen LogP contribution is -2.29. The first-order valence-corrected chi connectivity index (χ1v) is 6.91. The monoisotopic (exact) mass is 314 g/mol. The van der Waals surface area contributed by atoms with Gasteiger partial charge in [-0.05, 0) is 34.5 Å². The molecule has 3 N–H and O–H groups in total. The molecule has 0 aliphatic heterocycles. The summed E-state index contributed by atoms with van der Waals surface area (Å²) in [7, 11) is 1.99. The van der Waals surface area contributed by atoms with Crippen molar-refractivity contribution in [2.75, 3.05) is 0 Å². The first-order chi connectivity index (χ1) is 8.11. The van der Waals surface area contributed by atoms with Gasteiger partial charge in [0.25, 0.3) is 0 Å². The van der Waals surface area contributed by atoms with Crippen LogP contribution >= 0.6 is 27.3 Å². The lowest BCUT2D eigenvalue weighted by molar-refractivity contribution is 0.538. The van der Waals surface area contributed by atoms with Crippen LogP contribution in [0.4, 0.5) is 0 Å². The summed E-state index contributed by atoms with van der Waals surface area (Å²) in [5.41, 5.74) is 4.10. The van der Waals surface area contributed by atoms with Gasteiger partial charge in [0.2, 0.25) is 0 Å². The van der Waals surface area contributed by atoms with Crippen LogP contribution in [0.3, 0.4) is 0 Å². The van der Waals surface area contributed by atoms with Gasteiger partial charge in [-0.15, -0.1) is 11.3 Å². The average Bonchev–Trinajstić information content (AvgIpc) is 2.83. The fourth-order valence-electron chi connectivity index (χ4n) is 1.67. The fourth-order valence-corrected chi connectivity index (χ4v) is 3.30. The lowest BCUT2D eigenvalue weighted by atomic mass is 10.1. The summed E-state index contributed by atoms with van der Waals surface area (Å²) in [4.78, 5) is 5.54. The number of aromatic nitrogens is 2. The van der Waals surface area contributed by atoms with Crippen molar-refractivity contribution < 1.29 is 0 Å². The van der Waals surface area contributed by atoms with Gasteiger partial charge in [0.1, 0.15) is 5.82 Å². The Balaban J connectivity index is 2.20. The minimum Gasteiger partial charge on any atom is -0.338 e. The molecule has 0 radical (unpaired) electrons. The lowest BCUT2D eigenvalue weighted by Gasteiger charge is -2.13. The van der Waals surface area contributed by atoms with E-state index in [0.717, 1.165) is 16.0 Å². The number of aryl methyl sites for hydroxylation is 2. The smallest absolute Gasteiger partial charge is 0.110 e. The van der Waals surface area contributed by atoms with Crippen LogP contribution in [0.1, 0.15) is 22.3 Å². The predicted molar refractivity (Wildman–Crippen MR) is 73.7 cm³/mol. The topological polar surface area (TPSA) is 55.9 Å². The molecule has 0 aliphatic rings. The zero-order valence-corrected chi connectivity index (χ0v) is 12.2. The van der Waals surface area contributed by atoms with E-state index in [1.54, 1.807) is 17.5 Å². The number of hydrazine groups is 1. The molecule has 2 heterocycles. The van der Waals surface area contributed by atoms with Crippen molar-refractivity contribution in [3.8, 4) is 0 Å². The van der Waals surface area contributed by atoms with Gasteiger partial charge < -0.3 is 4.57 Å². The molecule has 6 heteroatoms. The Labute approximate surface area is 113 Å². The molecular formula is C11H15BrN4S. The second-order valence-electron chi connectivity index (χ2n) is 3.98. The quantitative estimate of drug-likeness (QED) is 0.672. The van der Waals surface area contributed by atoms with Crippen LogP contribution in [0.5, 0.6) is 0 Å². The zero-order chi connectivity index (χ0) is 12.4. The Bertz CT molecular complexity index is 486. The number of nitrogens with zero attached hydrogens (tertiary/aromatic N) is 2. The van der Waals surface area contributed by atoms with Crippen molar-refractivity contribution in [3.63, 3.8) is 0 Å². The summed E-state index contributed by atoms with van der Waals surface area (Å²) >= 11 is 5.25. The second-order valence-corrected chi connectivity index (χ2v) is 6.38. The van der Waals surface area contributed by atoms with E-state index in [0.29, 0.717) is 0 Å². The van der Waals surface area contributed by atoms with Crippen molar-refractivity contribution >= 4 is 27.3 Å². The number of nitrogens with one attached hydrogen (secondary N) is 1. The summed E-state index contributed by atoms with van der Waals surface area (Å²) in [5, 5.41) is 0. The van der Waals surface area contributed by atoms with Crippen LogP contribution < -0.4 is 11.3 Å². The highest BCUT2D eigenvalue weighted by Crippen LogP contribution is 2.32. The number of hydrogen-bond donors (Lipinski definition) is 2. The largest absolute Gasteiger partial charge is 0.338 e. The molecule has 0 spiro atoms. The third kappa shape index (κ3) is 2.77. The minimum atomic E-state index is 0.103. The van der Waals surface area contributed by atoms with Gasteiger partial charge in [0.15, 0.2) is 0 Å². The van der Waals surface area contributed by atoms with Gasteiger partial charge in [-0.2, -0.15) is 0 Å². The van der Waals surface area contributed by atoms with Crippen LogP contribution in [-0.2, 0) is 13.5 Å². The van der Waals surface area contributed by atoms with E-state index >= 15 is 0 Å². The van der Waals surface area contributed by atoms with Crippen molar-refractivity contribution in [1.29, 1.82) is 0 Å². The van der Waals surface area contributed by atoms with Gasteiger partial charge in [0.05, 0.1) is 9.83 Å². The van der Waals surface area contributed by atoms with Crippen LogP contribution in [0.2, 0.25) is 0 Å². The Morgan fingerprint density at radius 3 is 2.88 bits per heavy atom. The van der Waals surface area contributed by atoms with Gasteiger partial charge in [-0.3, -0.25) is 11.3 Å². The molecule has 4 nitrogen and oxygen atoms in total. The molecular weight excluding hydrogens is 300 g/mol.